The Morgan fingerprint density at radius 2 is 1.82 bits per heavy atom. The highest BCUT2D eigenvalue weighted by molar-refractivity contribution is 7.89. The van der Waals surface area contributed by atoms with Crippen molar-refractivity contribution >= 4 is 44.2 Å². The number of nitrogens with one attached hydrogen (secondary N) is 1. The Morgan fingerprint density at radius 1 is 1.12 bits per heavy atom. The van der Waals surface area contributed by atoms with Crippen molar-refractivity contribution in [3.8, 4) is 11.1 Å². The molecule has 12 heteroatoms. The van der Waals surface area contributed by atoms with Crippen LogP contribution in [0.15, 0.2) is 57.4 Å². The minimum atomic E-state index is -4.14. The number of hydrogen-bond acceptors (Lipinski definition) is 9. The normalized spacial score (nSPS) is 12.1. The summed E-state index contributed by atoms with van der Waals surface area (Å²) in [4.78, 5) is 37.4. The first kappa shape index (κ1) is 24.2. The lowest BCUT2D eigenvalue weighted by Crippen LogP contribution is -2.30. The average Bonchev–Trinajstić information content (AvgIpc) is 3.42. The van der Waals surface area contributed by atoms with Gasteiger partial charge in [-0.3, -0.25) is 4.79 Å². The van der Waals surface area contributed by atoms with Gasteiger partial charge in [0, 0.05) is 10.9 Å². The van der Waals surface area contributed by atoms with Crippen molar-refractivity contribution in [2.45, 2.75) is 25.0 Å². The zero-order valence-electron chi connectivity index (χ0n) is 17.6. The van der Waals surface area contributed by atoms with E-state index in [-0.39, 0.29) is 17.2 Å². The van der Waals surface area contributed by atoms with Crippen LogP contribution < -0.4 is 10.5 Å². The number of sulfonamides is 1. The van der Waals surface area contributed by atoms with Gasteiger partial charge in [-0.2, -0.15) is 0 Å². The van der Waals surface area contributed by atoms with Crippen LogP contribution in [0.4, 0.5) is 5.00 Å². The molecule has 174 valence electrons. The molecule has 1 amide bonds. The third-order valence-corrected chi connectivity index (χ3v) is 5.98. The lowest BCUT2D eigenvalue weighted by Gasteiger charge is -2.13. The summed E-state index contributed by atoms with van der Waals surface area (Å²) in [5.74, 6) is -2.82. The average molecular weight is 493 g/mol. The molecule has 1 aromatic carbocycles. The Balaban J connectivity index is 1.77. The number of carbonyl (C=O) groups excluding carboxylic acids is 3. The molecule has 0 saturated carbocycles. The lowest BCUT2D eigenvalue weighted by atomic mass is 10.0. The summed E-state index contributed by atoms with van der Waals surface area (Å²) in [6, 6.07) is 11.2. The largest absolute Gasteiger partial charge is 0.462 e. The van der Waals surface area contributed by atoms with Crippen molar-refractivity contribution in [2.75, 3.05) is 11.9 Å². The summed E-state index contributed by atoms with van der Waals surface area (Å²) in [5, 5.41) is 8.85. The molecule has 2 heterocycles. The molecule has 0 aliphatic heterocycles. The molecule has 0 spiro atoms. The lowest BCUT2D eigenvalue weighted by molar-refractivity contribution is -0.123. The number of furan rings is 1. The smallest absolute Gasteiger partial charge is 0.375 e. The van der Waals surface area contributed by atoms with E-state index in [1.165, 1.54) is 6.92 Å². The first-order valence-electron chi connectivity index (χ1n) is 9.60. The van der Waals surface area contributed by atoms with Crippen molar-refractivity contribution in [2.24, 2.45) is 5.14 Å². The van der Waals surface area contributed by atoms with Gasteiger partial charge in [-0.15, -0.1) is 11.3 Å². The Morgan fingerprint density at radius 3 is 2.42 bits per heavy atom. The predicted octanol–water partition coefficient (Wildman–Crippen LogP) is 3.02. The fraction of sp³-hybridized carbons (Fsp3) is 0.190. The van der Waals surface area contributed by atoms with E-state index in [0.717, 1.165) is 29.0 Å². The molecule has 33 heavy (non-hydrogen) atoms. The number of hydrogen-bond donors (Lipinski definition) is 2. The van der Waals surface area contributed by atoms with E-state index in [4.69, 9.17) is 19.0 Å². The van der Waals surface area contributed by atoms with Gasteiger partial charge >= 0.3 is 11.9 Å². The standard InChI is InChI=1S/C21H20N2O8S2/c1-3-29-21(26)17-14(13-7-5-4-6-8-13)11-32-19(17)23-18(24)12(2)30-20(25)15-9-10-16(31-15)33(22,27)28/h4-12H,3H2,1-2H3,(H,23,24)(H2,22,27,28). The molecule has 10 nitrogen and oxygen atoms in total. The Bertz CT molecular complexity index is 1280. The van der Waals surface area contributed by atoms with Crippen LogP contribution in [0.25, 0.3) is 11.1 Å². The van der Waals surface area contributed by atoms with Crippen molar-refractivity contribution in [3.05, 3.63) is 59.2 Å². The fourth-order valence-corrected chi connectivity index (χ4v) is 4.18. The number of carbonyl (C=O) groups is 3. The Hall–Kier alpha value is -3.48. The number of nitrogens with two attached hydrogens (primary N) is 1. The second-order valence-corrected chi connectivity index (χ2v) is 9.01. The molecule has 1 unspecified atom stereocenters. The van der Waals surface area contributed by atoms with E-state index in [0.29, 0.717) is 5.56 Å². The molecule has 0 aliphatic rings. The molecule has 1 atom stereocenters. The van der Waals surface area contributed by atoms with Crippen molar-refractivity contribution in [1.82, 2.24) is 0 Å². The highest BCUT2D eigenvalue weighted by Crippen LogP contribution is 2.36. The van der Waals surface area contributed by atoms with E-state index in [1.54, 1.807) is 12.3 Å². The van der Waals surface area contributed by atoms with Gasteiger partial charge in [-0.25, -0.2) is 23.1 Å². The van der Waals surface area contributed by atoms with Gasteiger partial charge in [0.1, 0.15) is 10.6 Å². The molecule has 0 saturated heterocycles. The van der Waals surface area contributed by atoms with E-state index in [2.05, 4.69) is 5.32 Å². The van der Waals surface area contributed by atoms with E-state index in [9.17, 15) is 22.8 Å². The molecule has 0 aliphatic carbocycles. The number of amides is 1. The number of ether oxygens (including phenoxy) is 2. The second-order valence-electron chi connectivity index (χ2n) is 6.64. The maximum Gasteiger partial charge on any atom is 0.375 e. The summed E-state index contributed by atoms with van der Waals surface area (Å²) in [6.45, 7) is 3.13. The van der Waals surface area contributed by atoms with Gasteiger partial charge in [-0.05, 0) is 31.5 Å². The van der Waals surface area contributed by atoms with Gasteiger partial charge in [0.05, 0.1) is 6.61 Å². The topological polar surface area (TPSA) is 155 Å². The molecule has 0 bridgehead atoms. The Kier molecular flexibility index (Phi) is 7.31. The van der Waals surface area contributed by atoms with E-state index < -0.39 is 44.8 Å². The summed E-state index contributed by atoms with van der Waals surface area (Å²) in [6.07, 6.45) is -1.29. The van der Waals surface area contributed by atoms with Crippen LogP contribution in [0.3, 0.4) is 0 Å². The van der Waals surface area contributed by atoms with Crippen molar-refractivity contribution in [1.29, 1.82) is 0 Å². The third kappa shape index (κ3) is 5.66. The van der Waals surface area contributed by atoms with Crippen LogP contribution in [0.2, 0.25) is 0 Å². The van der Waals surface area contributed by atoms with Crippen molar-refractivity contribution < 1.29 is 36.7 Å². The van der Waals surface area contributed by atoms with Gasteiger partial charge in [0.15, 0.2) is 6.10 Å². The Labute approximate surface area is 193 Å². The van der Waals surface area contributed by atoms with Crippen LogP contribution in [0, 0.1) is 0 Å². The van der Waals surface area contributed by atoms with Crippen molar-refractivity contribution in [3.63, 3.8) is 0 Å². The number of rotatable bonds is 8. The fourth-order valence-electron chi connectivity index (χ4n) is 2.75. The van der Waals surface area contributed by atoms with Gasteiger partial charge in [0.2, 0.25) is 10.9 Å². The summed E-state index contributed by atoms with van der Waals surface area (Å²) < 4.78 is 37.6. The SMILES string of the molecule is CCOC(=O)c1c(-c2ccccc2)csc1NC(=O)C(C)OC(=O)c1ccc(S(N)(=O)=O)o1. The number of benzene rings is 1. The number of thiophene rings is 1. The van der Waals surface area contributed by atoms with E-state index >= 15 is 0 Å². The minimum absolute atomic E-state index is 0.147. The van der Waals surface area contributed by atoms with Crippen LogP contribution >= 0.6 is 11.3 Å². The van der Waals surface area contributed by atoms with Gasteiger partial charge < -0.3 is 19.2 Å². The third-order valence-electron chi connectivity index (χ3n) is 4.31. The number of primary sulfonamides is 1. The molecule has 3 rings (SSSR count). The summed E-state index contributed by atoms with van der Waals surface area (Å²) in [7, 11) is -4.14. The zero-order chi connectivity index (χ0) is 24.2. The maximum atomic E-state index is 12.6. The number of anilines is 1. The van der Waals surface area contributed by atoms with Gasteiger partial charge in [-0.1, -0.05) is 30.3 Å². The minimum Gasteiger partial charge on any atom is -0.462 e. The number of esters is 2. The second kappa shape index (κ2) is 9.98. The first-order chi connectivity index (χ1) is 15.6. The highest BCUT2D eigenvalue weighted by Gasteiger charge is 2.27. The summed E-state index contributed by atoms with van der Waals surface area (Å²) in [5.41, 5.74) is 1.54. The van der Waals surface area contributed by atoms with E-state index in [1.807, 2.05) is 30.3 Å². The highest BCUT2D eigenvalue weighted by atomic mass is 32.2. The first-order valence-corrected chi connectivity index (χ1v) is 12.0. The molecular formula is C21H20N2O8S2. The van der Waals surface area contributed by atoms with Crippen LogP contribution in [0.5, 0.6) is 0 Å². The molecule has 3 N–H and O–H groups in total. The van der Waals surface area contributed by atoms with Crippen LogP contribution in [-0.4, -0.2) is 39.0 Å². The van der Waals surface area contributed by atoms with Crippen LogP contribution in [0.1, 0.15) is 34.8 Å². The molecule has 0 radical (unpaired) electrons. The molecule has 0 fully saturated rings. The van der Waals surface area contributed by atoms with Crippen LogP contribution in [-0.2, 0) is 24.3 Å². The van der Waals surface area contributed by atoms with Gasteiger partial charge in [0.25, 0.3) is 15.9 Å². The quantitative estimate of drug-likeness (QED) is 0.455. The molecule has 3 aromatic rings. The molecule has 2 aromatic heterocycles. The maximum absolute atomic E-state index is 12.6. The summed E-state index contributed by atoms with van der Waals surface area (Å²) >= 11 is 1.12. The monoisotopic (exact) mass is 492 g/mol. The predicted molar refractivity (Wildman–Crippen MR) is 119 cm³/mol. The zero-order valence-corrected chi connectivity index (χ0v) is 19.2. The molecular weight excluding hydrogens is 472 g/mol.